The summed E-state index contributed by atoms with van der Waals surface area (Å²) < 4.78 is 12.3. The Balaban J connectivity index is 1.40. The number of hydrogen-bond acceptors (Lipinski definition) is 8. The molecule has 0 unspecified atom stereocenters. The Morgan fingerprint density at radius 1 is 1.13 bits per heavy atom. The fraction of sp³-hybridized carbons (Fsp3) is 0.182. The van der Waals surface area contributed by atoms with Gasteiger partial charge in [-0.25, -0.2) is 4.98 Å². The molecule has 4 aromatic heterocycles. The van der Waals surface area contributed by atoms with Gasteiger partial charge in [0.2, 0.25) is 0 Å². The number of furan rings is 1. The van der Waals surface area contributed by atoms with Gasteiger partial charge in [0.25, 0.3) is 11.4 Å². The molecule has 0 atom stereocenters. The summed E-state index contributed by atoms with van der Waals surface area (Å²) in [6, 6.07) is 13.2. The summed E-state index contributed by atoms with van der Waals surface area (Å²) in [5.74, 6) is 2.27. The molecule has 5 aromatic rings. The van der Waals surface area contributed by atoms with Crippen LogP contribution < -0.4 is 5.56 Å². The van der Waals surface area contributed by atoms with Crippen LogP contribution in [-0.2, 0) is 5.75 Å². The van der Waals surface area contributed by atoms with E-state index in [9.17, 15) is 4.79 Å². The number of aromatic nitrogens is 4. The lowest BCUT2D eigenvalue weighted by Crippen LogP contribution is -2.21. The van der Waals surface area contributed by atoms with E-state index >= 15 is 0 Å². The molecule has 0 N–H and O–H groups in total. The van der Waals surface area contributed by atoms with Crippen molar-refractivity contribution in [3.05, 3.63) is 75.8 Å². The van der Waals surface area contributed by atoms with E-state index in [0.29, 0.717) is 34.3 Å². The third kappa shape index (κ3) is 3.39. The average molecular weight is 449 g/mol. The maximum absolute atomic E-state index is 13.6. The van der Waals surface area contributed by atoms with Crippen LogP contribution in [0.2, 0.25) is 0 Å². The van der Waals surface area contributed by atoms with E-state index < -0.39 is 0 Å². The molecule has 0 radical (unpaired) electrons. The molecule has 0 spiro atoms. The van der Waals surface area contributed by atoms with E-state index in [-0.39, 0.29) is 5.56 Å². The Morgan fingerprint density at radius 3 is 2.77 bits per heavy atom. The molecule has 4 heterocycles. The number of para-hydroxylation sites is 1. The van der Waals surface area contributed by atoms with Gasteiger partial charge in [-0.1, -0.05) is 35.1 Å². The molecular formula is C22H16N4O3S2. The van der Waals surface area contributed by atoms with E-state index in [1.807, 2.05) is 30.3 Å². The topological polar surface area (TPSA) is 86.9 Å². The number of thiophene rings is 1. The first-order valence-electron chi connectivity index (χ1n) is 9.87. The number of thioether (sulfide) groups is 1. The second-order valence-corrected chi connectivity index (χ2v) is 9.10. The van der Waals surface area contributed by atoms with Crippen LogP contribution in [0.5, 0.6) is 0 Å². The highest BCUT2D eigenvalue weighted by molar-refractivity contribution is 7.98. The standard InChI is InChI=1S/C22H16N4O3S2/c27-21-18-15(13-8-9-13)11-30-20(18)24-22(26(21)14-5-2-1-3-6-14)31-12-17-23-19(29-25-17)16-7-4-10-28-16/h1-7,10-11,13H,8-9,12H2. The van der Waals surface area contributed by atoms with Crippen LogP contribution in [0.25, 0.3) is 27.6 Å². The Kier molecular flexibility index (Phi) is 4.50. The van der Waals surface area contributed by atoms with Gasteiger partial charge in [0.1, 0.15) is 4.83 Å². The Labute approximate surface area is 184 Å². The highest BCUT2D eigenvalue weighted by Crippen LogP contribution is 2.44. The maximum atomic E-state index is 13.6. The van der Waals surface area contributed by atoms with Crippen molar-refractivity contribution in [3.63, 3.8) is 0 Å². The van der Waals surface area contributed by atoms with Crippen LogP contribution in [0.15, 0.2) is 73.0 Å². The molecule has 1 aliphatic rings. The predicted molar refractivity (Wildman–Crippen MR) is 119 cm³/mol. The van der Waals surface area contributed by atoms with Crippen LogP contribution in [0.3, 0.4) is 0 Å². The van der Waals surface area contributed by atoms with Crippen molar-refractivity contribution in [2.45, 2.75) is 29.7 Å². The van der Waals surface area contributed by atoms with E-state index in [1.165, 1.54) is 23.1 Å². The zero-order valence-electron chi connectivity index (χ0n) is 16.2. The molecule has 0 bridgehead atoms. The molecule has 1 aliphatic carbocycles. The van der Waals surface area contributed by atoms with Crippen LogP contribution in [0, 0.1) is 0 Å². The minimum absolute atomic E-state index is 0.0220. The van der Waals surface area contributed by atoms with Crippen molar-refractivity contribution >= 4 is 33.3 Å². The Bertz CT molecular complexity index is 1420. The Morgan fingerprint density at radius 2 is 2.00 bits per heavy atom. The summed E-state index contributed by atoms with van der Waals surface area (Å²) >= 11 is 2.95. The van der Waals surface area contributed by atoms with Crippen LogP contribution in [0.1, 0.15) is 30.1 Å². The van der Waals surface area contributed by atoms with E-state index in [0.717, 1.165) is 34.3 Å². The lowest BCUT2D eigenvalue weighted by atomic mass is 10.1. The van der Waals surface area contributed by atoms with Gasteiger partial charge in [-0.05, 0) is 54.0 Å². The normalized spacial score (nSPS) is 13.8. The third-order valence-corrected chi connectivity index (χ3v) is 6.99. The SMILES string of the molecule is O=c1c2c(C3CC3)csc2nc(SCc2noc(-c3ccco3)n2)n1-c1ccccc1. The van der Waals surface area contributed by atoms with Crippen LogP contribution in [-0.4, -0.2) is 19.7 Å². The van der Waals surface area contributed by atoms with Crippen molar-refractivity contribution in [2.75, 3.05) is 0 Å². The molecule has 31 heavy (non-hydrogen) atoms. The zero-order valence-corrected chi connectivity index (χ0v) is 17.9. The van der Waals surface area contributed by atoms with Gasteiger partial charge in [-0.2, -0.15) is 4.98 Å². The van der Waals surface area contributed by atoms with Gasteiger partial charge in [0, 0.05) is 0 Å². The first-order valence-corrected chi connectivity index (χ1v) is 11.7. The van der Waals surface area contributed by atoms with Crippen LogP contribution >= 0.6 is 23.1 Å². The lowest BCUT2D eigenvalue weighted by molar-refractivity contribution is 0.411. The second kappa shape index (κ2) is 7.51. The predicted octanol–water partition coefficient (Wildman–Crippen LogP) is 5.26. The van der Waals surface area contributed by atoms with Gasteiger partial charge in [0.05, 0.1) is 23.1 Å². The summed E-state index contributed by atoms with van der Waals surface area (Å²) in [5.41, 5.74) is 1.91. The van der Waals surface area contributed by atoms with Gasteiger partial charge >= 0.3 is 0 Å². The highest BCUT2D eigenvalue weighted by atomic mass is 32.2. The van der Waals surface area contributed by atoms with Gasteiger partial charge < -0.3 is 8.94 Å². The summed E-state index contributed by atoms with van der Waals surface area (Å²) in [6.07, 6.45) is 3.84. The minimum Gasteiger partial charge on any atom is -0.459 e. The first kappa shape index (κ1) is 18.6. The monoisotopic (exact) mass is 448 g/mol. The van der Waals surface area contributed by atoms with E-state index in [4.69, 9.17) is 13.9 Å². The van der Waals surface area contributed by atoms with Gasteiger partial charge in [0.15, 0.2) is 16.7 Å². The fourth-order valence-corrected chi connectivity index (χ4v) is 5.45. The number of nitrogens with zero attached hydrogens (tertiary/aromatic N) is 4. The number of hydrogen-bond donors (Lipinski definition) is 0. The van der Waals surface area contributed by atoms with Crippen molar-refractivity contribution in [2.24, 2.45) is 0 Å². The smallest absolute Gasteiger partial charge is 0.293 e. The fourth-order valence-electron chi connectivity index (χ4n) is 3.53. The molecule has 0 aliphatic heterocycles. The third-order valence-electron chi connectivity index (χ3n) is 5.17. The summed E-state index contributed by atoms with van der Waals surface area (Å²) in [7, 11) is 0. The van der Waals surface area contributed by atoms with E-state index in [2.05, 4.69) is 15.5 Å². The van der Waals surface area contributed by atoms with Gasteiger partial charge in [-0.3, -0.25) is 9.36 Å². The number of rotatable bonds is 6. The lowest BCUT2D eigenvalue weighted by Gasteiger charge is -2.12. The number of benzene rings is 1. The highest BCUT2D eigenvalue weighted by Gasteiger charge is 2.29. The zero-order chi connectivity index (χ0) is 20.8. The molecule has 1 saturated carbocycles. The van der Waals surface area contributed by atoms with Crippen molar-refractivity contribution in [1.82, 2.24) is 19.7 Å². The molecule has 1 aromatic carbocycles. The molecule has 6 rings (SSSR count). The van der Waals surface area contributed by atoms with Crippen molar-refractivity contribution in [1.29, 1.82) is 0 Å². The molecule has 0 amide bonds. The quantitative estimate of drug-likeness (QED) is 0.259. The van der Waals surface area contributed by atoms with Crippen molar-refractivity contribution < 1.29 is 8.94 Å². The minimum atomic E-state index is -0.0220. The average Bonchev–Trinajstić information content (AvgIpc) is 3.20. The number of fused-ring (bicyclic) bond motifs is 1. The second-order valence-electron chi connectivity index (χ2n) is 7.30. The summed E-state index contributed by atoms with van der Waals surface area (Å²) in [5, 5.41) is 7.48. The van der Waals surface area contributed by atoms with E-state index in [1.54, 1.807) is 23.0 Å². The first-order chi connectivity index (χ1) is 15.3. The van der Waals surface area contributed by atoms with Crippen molar-refractivity contribution in [3.8, 4) is 17.3 Å². The van der Waals surface area contributed by atoms with Gasteiger partial charge in [-0.15, -0.1) is 11.3 Å². The summed E-state index contributed by atoms with van der Waals surface area (Å²) in [4.78, 5) is 23.6. The largest absolute Gasteiger partial charge is 0.459 e. The molecule has 7 nitrogen and oxygen atoms in total. The summed E-state index contributed by atoms with van der Waals surface area (Å²) in [6.45, 7) is 0. The Hall–Kier alpha value is -3.17. The molecule has 9 heteroatoms. The van der Waals surface area contributed by atoms with Crippen LogP contribution in [0.4, 0.5) is 0 Å². The molecule has 0 saturated heterocycles. The molecule has 154 valence electrons. The molecule has 1 fully saturated rings. The molecular weight excluding hydrogens is 432 g/mol. The maximum Gasteiger partial charge on any atom is 0.293 e.